The average Bonchev–Trinajstić information content (AvgIpc) is 2.69. The van der Waals surface area contributed by atoms with Crippen molar-refractivity contribution in [3.05, 3.63) is 58.5 Å². The normalized spacial score (nSPS) is 20.2. The number of hydrogen-bond donors (Lipinski definition) is 1. The van der Waals surface area contributed by atoms with Gasteiger partial charge in [0, 0.05) is 38.2 Å². The Morgan fingerprint density at radius 3 is 2.64 bits per heavy atom. The molecule has 0 radical (unpaired) electrons. The minimum absolute atomic E-state index is 0.0767. The summed E-state index contributed by atoms with van der Waals surface area (Å²) in [5.41, 5.74) is 0.996. The van der Waals surface area contributed by atoms with Gasteiger partial charge in [0.25, 0.3) is 11.5 Å². The Morgan fingerprint density at radius 1 is 1.11 bits per heavy atom. The molecule has 1 fully saturated rings. The van der Waals surface area contributed by atoms with E-state index in [0.717, 1.165) is 12.1 Å². The molecule has 0 aliphatic carbocycles. The fraction of sp³-hybridized carbons (Fsp3) is 0.381. The van der Waals surface area contributed by atoms with E-state index >= 15 is 0 Å². The third-order valence-corrected chi connectivity index (χ3v) is 5.44. The number of aromatic nitrogens is 1. The molecule has 3 heterocycles. The molecule has 2 atom stereocenters. The molecule has 4 rings (SSSR count). The van der Waals surface area contributed by atoms with Gasteiger partial charge in [-0.25, -0.2) is 0 Å². The summed E-state index contributed by atoms with van der Waals surface area (Å²) >= 11 is 0. The number of fused-ring (bicyclic) bond motifs is 4. The predicted octanol–water partition coefficient (Wildman–Crippen LogP) is 1.83. The molecule has 1 aromatic heterocycles. The van der Waals surface area contributed by atoms with E-state index in [9.17, 15) is 14.4 Å². The number of nitrogens with zero attached hydrogens (tertiary/aromatic N) is 2. The lowest BCUT2D eigenvalue weighted by molar-refractivity contribution is -0.131. The summed E-state index contributed by atoms with van der Waals surface area (Å²) in [6, 6.07) is 12.6. The highest BCUT2D eigenvalue weighted by Gasteiger charge is 2.35. The monoisotopic (exact) mass is 381 g/mol. The maximum absolute atomic E-state index is 12.9. The summed E-state index contributed by atoms with van der Waals surface area (Å²) < 4.78 is 7.18. The van der Waals surface area contributed by atoms with Crippen LogP contribution in [0.15, 0.2) is 47.3 Å². The lowest BCUT2D eigenvalue weighted by Gasteiger charge is -2.42. The molecular weight excluding hydrogens is 358 g/mol. The molecule has 0 saturated carbocycles. The lowest BCUT2D eigenvalue weighted by Crippen LogP contribution is -2.48. The number of para-hydroxylation sites is 1. The number of carbonyl (C=O) groups is 2. The van der Waals surface area contributed by atoms with Crippen LogP contribution >= 0.6 is 0 Å². The van der Waals surface area contributed by atoms with E-state index in [0.29, 0.717) is 25.4 Å². The topological polar surface area (TPSA) is 80.6 Å². The zero-order valence-electron chi connectivity index (χ0n) is 15.8. The van der Waals surface area contributed by atoms with E-state index < -0.39 is 0 Å². The summed E-state index contributed by atoms with van der Waals surface area (Å²) in [6.45, 7) is 3.31. The predicted molar refractivity (Wildman–Crippen MR) is 104 cm³/mol. The molecule has 2 amide bonds. The molecule has 2 aromatic rings. The highest BCUT2D eigenvalue weighted by atomic mass is 16.5. The van der Waals surface area contributed by atoms with Crippen LogP contribution < -0.4 is 15.6 Å². The van der Waals surface area contributed by atoms with Gasteiger partial charge in [-0.2, -0.15) is 0 Å². The van der Waals surface area contributed by atoms with Crippen molar-refractivity contribution in [1.29, 1.82) is 0 Å². The Kier molecular flexibility index (Phi) is 4.90. The second-order valence-corrected chi connectivity index (χ2v) is 7.46. The van der Waals surface area contributed by atoms with Crippen LogP contribution in [0.3, 0.4) is 0 Å². The highest BCUT2D eigenvalue weighted by molar-refractivity contribution is 5.91. The zero-order valence-corrected chi connectivity index (χ0v) is 15.8. The van der Waals surface area contributed by atoms with Gasteiger partial charge in [0.2, 0.25) is 5.91 Å². The molecule has 28 heavy (non-hydrogen) atoms. The van der Waals surface area contributed by atoms with Crippen molar-refractivity contribution in [1.82, 2.24) is 9.47 Å². The molecule has 2 aliphatic heterocycles. The van der Waals surface area contributed by atoms with Crippen molar-refractivity contribution in [3.8, 4) is 5.75 Å². The van der Waals surface area contributed by atoms with Gasteiger partial charge in [-0.3, -0.25) is 14.4 Å². The van der Waals surface area contributed by atoms with Gasteiger partial charge in [0.05, 0.1) is 0 Å². The van der Waals surface area contributed by atoms with Crippen molar-refractivity contribution in [2.45, 2.75) is 25.8 Å². The van der Waals surface area contributed by atoms with Crippen LogP contribution in [0.2, 0.25) is 0 Å². The molecule has 1 aromatic carbocycles. The van der Waals surface area contributed by atoms with Gasteiger partial charge in [0.15, 0.2) is 6.61 Å². The summed E-state index contributed by atoms with van der Waals surface area (Å²) in [5.74, 6) is 0.728. The van der Waals surface area contributed by atoms with E-state index in [2.05, 4.69) is 5.32 Å². The van der Waals surface area contributed by atoms with Crippen LogP contribution in [0, 0.1) is 5.92 Å². The summed E-state index contributed by atoms with van der Waals surface area (Å²) in [7, 11) is 0. The fourth-order valence-electron chi connectivity index (χ4n) is 4.15. The molecule has 2 aliphatic rings. The summed E-state index contributed by atoms with van der Waals surface area (Å²) in [5, 5.41) is 2.66. The first-order chi connectivity index (χ1) is 13.5. The first-order valence-electron chi connectivity index (χ1n) is 9.48. The van der Waals surface area contributed by atoms with Gasteiger partial charge in [-0.15, -0.1) is 0 Å². The number of ether oxygens (including phenoxy) is 1. The van der Waals surface area contributed by atoms with Crippen molar-refractivity contribution in [2.75, 3.05) is 25.0 Å². The first-order valence-corrected chi connectivity index (χ1v) is 9.48. The molecule has 7 heteroatoms. The van der Waals surface area contributed by atoms with Crippen molar-refractivity contribution < 1.29 is 14.3 Å². The molecule has 1 N–H and O–H groups in total. The lowest BCUT2D eigenvalue weighted by atomic mass is 9.83. The number of nitrogens with one attached hydrogen (secondary N) is 1. The number of pyridine rings is 1. The van der Waals surface area contributed by atoms with E-state index in [-0.39, 0.29) is 41.5 Å². The number of carbonyl (C=O) groups excluding carboxylic acids is 2. The summed E-state index contributed by atoms with van der Waals surface area (Å²) in [6.07, 6.45) is 0.986. The Morgan fingerprint density at radius 2 is 1.89 bits per heavy atom. The smallest absolute Gasteiger partial charge is 0.274 e. The van der Waals surface area contributed by atoms with Crippen LogP contribution in [-0.2, 0) is 16.1 Å². The van der Waals surface area contributed by atoms with Crippen LogP contribution in [0.4, 0.5) is 5.69 Å². The minimum atomic E-state index is -0.375. The Labute approximate surface area is 162 Å². The van der Waals surface area contributed by atoms with Gasteiger partial charge in [-0.05, 0) is 36.6 Å². The average molecular weight is 381 g/mol. The Balaban J connectivity index is 1.48. The Bertz CT molecular complexity index is 954. The third-order valence-electron chi connectivity index (χ3n) is 5.44. The van der Waals surface area contributed by atoms with Crippen LogP contribution in [0.1, 0.15) is 25.0 Å². The molecule has 146 valence electrons. The molecule has 7 nitrogen and oxygen atoms in total. The largest absolute Gasteiger partial charge is 0.484 e. The third kappa shape index (κ3) is 3.65. The van der Waals surface area contributed by atoms with Gasteiger partial charge < -0.3 is 19.5 Å². The van der Waals surface area contributed by atoms with Crippen LogP contribution in [-0.4, -0.2) is 41.0 Å². The van der Waals surface area contributed by atoms with Gasteiger partial charge in [0.1, 0.15) is 11.4 Å². The zero-order chi connectivity index (χ0) is 19.7. The Hall–Kier alpha value is -3.09. The number of amides is 2. The molecule has 0 spiro atoms. The van der Waals surface area contributed by atoms with Gasteiger partial charge >= 0.3 is 0 Å². The van der Waals surface area contributed by atoms with Gasteiger partial charge in [-0.1, -0.05) is 18.2 Å². The van der Waals surface area contributed by atoms with E-state index in [4.69, 9.17) is 4.74 Å². The SMILES string of the molecule is CC(=O)N1C[C@@H]2C[C@H](C1)c1ccc(NC(=O)COc3ccccc3)c(=O)n1C2. The number of likely N-dealkylation sites (tertiary alicyclic amines) is 1. The highest BCUT2D eigenvalue weighted by Crippen LogP contribution is 2.35. The first kappa shape index (κ1) is 18.3. The number of anilines is 1. The second kappa shape index (κ2) is 7.50. The fourth-order valence-corrected chi connectivity index (χ4v) is 4.15. The maximum atomic E-state index is 12.9. The van der Waals surface area contributed by atoms with E-state index in [1.807, 2.05) is 29.2 Å². The minimum Gasteiger partial charge on any atom is -0.484 e. The number of benzene rings is 1. The number of rotatable bonds is 4. The van der Waals surface area contributed by atoms with Crippen molar-refractivity contribution in [2.24, 2.45) is 5.92 Å². The molecule has 1 saturated heterocycles. The number of piperidine rings is 1. The van der Waals surface area contributed by atoms with Crippen molar-refractivity contribution in [3.63, 3.8) is 0 Å². The molecular formula is C21H23N3O4. The van der Waals surface area contributed by atoms with Crippen LogP contribution in [0.5, 0.6) is 5.75 Å². The maximum Gasteiger partial charge on any atom is 0.274 e. The standard InChI is InChI=1S/C21H23N3O4/c1-14(25)23-10-15-9-16(12-23)19-8-7-18(21(27)24(19)11-15)22-20(26)13-28-17-5-3-2-4-6-17/h2-8,15-16H,9-13H2,1H3,(H,22,26)/t15-,16+/m0/s1. The number of hydrogen-bond acceptors (Lipinski definition) is 4. The van der Waals surface area contributed by atoms with Crippen molar-refractivity contribution >= 4 is 17.5 Å². The quantitative estimate of drug-likeness (QED) is 0.876. The molecule has 0 unspecified atom stereocenters. The van der Waals surface area contributed by atoms with E-state index in [1.54, 1.807) is 29.7 Å². The second-order valence-electron chi connectivity index (χ2n) is 7.46. The van der Waals surface area contributed by atoms with Crippen LogP contribution in [0.25, 0.3) is 0 Å². The summed E-state index contributed by atoms with van der Waals surface area (Å²) in [4.78, 5) is 38.7. The van der Waals surface area contributed by atoms with E-state index in [1.165, 1.54) is 0 Å². The molecule has 2 bridgehead atoms.